The van der Waals surface area contributed by atoms with E-state index < -0.39 is 5.97 Å². The van der Waals surface area contributed by atoms with Gasteiger partial charge in [-0.25, -0.2) is 9.79 Å². The molecule has 0 saturated heterocycles. The van der Waals surface area contributed by atoms with Crippen LogP contribution in [-0.4, -0.2) is 11.9 Å². The lowest BCUT2D eigenvalue weighted by Crippen LogP contribution is -2.03. The molecule has 0 bridgehead atoms. The van der Waals surface area contributed by atoms with Crippen LogP contribution in [0.25, 0.3) is 16.2 Å². The summed E-state index contributed by atoms with van der Waals surface area (Å²) in [4.78, 5) is 17.0. The number of carbonyl (C=O) groups is 1. The molecule has 0 radical (unpaired) electrons. The van der Waals surface area contributed by atoms with Gasteiger partial charge in [-0.05, 0) is 17.7 Å². The normalized spacial score (nSPS) is 16.0. The Morgan fingerprint density at radius 1 is 1.04 bits per heavy atom. The van der Waals surface area contributed by atoms with Crippen molar-refractivity contribution in [1.29, 1.82) is 0 Å². The zero-order valence-corrected chi connectivity index (χ0v) is 14.6. The van der Waals surface area contributed by atoms with Crippen LogP contribution in [0.1, 0.15) is 10.4 Å². The number of thiophene rings is 1. The summed E-state index contributed by atoms with van der Waals surface area (Å²) in [5, 5.41) is 1.50. The third-order valence-electron chi connectivity index (χ3n) is 3.69. The van der Waals surface area contributed by atoms with Crippen LogP contribution in [0.15, 0.2) is 77.4 Å². The van der Waals surface area contributed by atoms with Gasteiger partial charge in [-0.1, -0.05) is 72.3 Å². The fourth-order valence-electron chi connectivity index (χ4n) is 2.49. The minimum absolute atomic E-state index is 0.260. The maximum absolute atomic E-state index is 12.0. The second-order valence-corrected chi connectivity index (χ2v) is 6.80. The summed E-state index contributed by atoms with van der Waals surface area (Å²) >= 11 is 7.88. The predicted molar refractivity (Wildman–Crippen MR) is 103 cm³/mol. The van der Waals surface area contributed by atoms with Crippen molar-refractivity contribution in [3.63, 3.8) is 0 Å². The minimum atomic E-state index is -0.471. The molecule has 2 heterocycles. The summed E-state index contributed by atoms with van der Waals surface area (Å²) < 4.78 is 6.34. The van der Waals surface area contributed by atoms with E-state index in [1.165, 1.54) is 11.3 Å². The Labute approximate surface area is 153 Å². The number of rotatable bonds is 3. The summed E-state index contributed by atoms with van der Waals surface area (Å²) in [6, 6.07) is 17.6. The van der Waals surface area contributed by atoms with Crippen molar-refractivity contribution in [2.75, 3.05) is 0 Å². The zero-order valence-electron chi connectivity index (χ0n) is 13.0. The molecule has 0 fully saturated rings. The van der Waals surface area contributed by atoms with Crippen LogP contribution in [0.4, 0.5) is 0 Å². The topological polar surface area (TPSA) is 38.7 Å². The van der Waals surface area contributed by atoms with Gasteiger partial charge < -0.3 is 4.74 Å². The number of fused-ring (bicyclic) bond motifs is 1. The molecular formula is C20H12ClNO2S. The van der Waals surface area contributed by atoms with Crippen molar-refractivity contribution < 1.29 is 9.53 Å². The van der Waals surface area contributed by atoms with Crippen molar-refractivity contribution in [2.24, 2.45) is 4.99 Å². The standard InChI is InChI=1S/C20H12ClNO2S/c21-17-14-10-4-5-12-16(14)25-18(17)19-22-15(20(23)24-19)11-6-9-13-7-2-1-3-8-13/h1-12H/b9-6+,15-11+. The average Bonchev–Trinajstić information content (AvgIpc) is 3.17. The number of hydrogen-bond acceptors (Lipinski definition) is 4. The molecule has 0 aliphatic carbocycles. The van der Waals surface area contributed by atoms with Crippen LogP contribution in [0.3, 0.4) is 0 Å². The maximum atomic E-state index is 12.0. The van der Waals surface area contributed by atoms with E-state index in [0.717, 1.165) is 15.6 Å². The summed E-state index contributed by atoms with van der Waals surface area (Å²) in [5.74, 6) is -0.211. The predicted octanol–water partition coefficient (Wildman–Crippen LogP) is 5.46. The molecule has 1 aliphatic heterocycles. The third-order valence-corrected chi connectivity index (χ3v) is 5.36. The van der Waals surface area contributed by atoms with Crippen molar-refractivity contribution in [3.8, 4) is 0 Å². The van der Waals surface area contributed by atoms with Crippen LogP contribution in [-0.2, 0) is 9.53 Å². The number of benzene rings is 2. The highest BCUT2D eigenvalue weighted by Gasteiger charge is 2.27. The Hall–Kier alpha value is -2.69. The van der Waals surface area contributed by atoms with Crippen molar-refractivity contribution >= 4 is 51.0 Å². The van der Waals surface area contributed by atoms with Gasteiger partial charge in [0.25, 0.3) is 0 Å². The Kier molecular flexibility index (Phi) is 4.22. The van der Waals surface area contributed by atoms with Crippen molar-refractivity contribution in [1.82, 2.24) is 0 Å². The summed E-state index contributed by atoms with van der Waals surface area (Å²) in [5.41, 5.74) is 1.30. The second kappa shape index (κ2) is 6.67. The van der Waals surface area contributed by atoms with E-state index >= 15 is 0 Å². The molecule has 3 nitrogen and oxygen atoms in total. The number of ether oxygens (including phenoxy) is 1. The molecule has 0 amide bonds. The zero-order chi connectivity index (χ0) is 17.2. The molecule has 25 heavy (non-hydrogen) atoms. The SMILES string of the molecule is O=C1OC(c2sc3ccccc3c2Cl)=N/C1=C/C=C/c1ccccc1. The molecular weight excluding hydrogens is 354 g/mol. The number of halogens is 1. The van der Waals surface area contributed by atoms with Gasteiger partial charge >= 0.3 is 5.97 Å². The molecule has 0 unspecified atom stereocenters. The first-order valence-corrected chi connectivity index (χ1v) is 8.83. The van der Waals surface area contributed by atoms with Gasteiger partial charge in [0, 0.05) is 10.1 Å². The Morgan fingerprint density at radius 3 is 2.60 bits per heavy atom. The first-order valence-electron chi connectivity index (χ1n) is 7.64. The van der Waals surface area contributed by atoms with Crippen LogP contribution in [0.5, 0.6) is 0 Å². The van der Waals surface area contributed by atoms with Gasteiger partial charge in [0.2, 0.25) is 5.90 Å². The monoisotopic (exact) mass is 365 g/mol. The van der Waals surface area contributed by atoms with E-state index in [-0.39, 0.29) is 11.6 Å². The molecule has 1 aliphatic rings. The average molecular weight is 366 g/mol. The molecule has 0 saturated carbocycles. The van der Waals surface area contributed by atoms with Crippen LogP contribution in [0.2, 0.25) is 5.02 Å². The van der Waals surface area contributed by atoms with Gasteiger partial charge in [0.15, 0.2) is 5.70 Å². The lowest BCUT2D eigenvalue weighted by atomic mass is 10.2. The molecule has 2 aromatic carbocycles. The molecule has 122 valence electrons. The number of cyclic esters (lactones) is 1. The third kappa shape index (κ3) is 3.14. The highest BCUT2D eigenvalue weighted by Crippen LogP contribution is 2.37. The smallest absolute Gasteiger partial charge is 0.363 e. The Bertz CT molecular complexity index is 1050. The molecule has 0 atom stereocenters. The van der Waals surface area contributed by atoms with E-state index in [9.17, 15) is 4.79 Å². The molecule has 5 heteroatoms. The number of carbonyl (C=O) groups excluding carboxylic acids is 1. The fraction of sp³-hybridized carbons (Fsp3) is 0. The first-order chi connectivity index (χ1) is 12.2. The van der Waals surface area contributed by atoms with E-state index in [1.54, 1.807) is 12.2 Å². The van der Waals surface area contributed by atoms with Crippen LogP contribution < -0.4 is 0 Å². The van der Waals surface area contributed by atoms with E-state index in [4.69, 9.17) is 16.3 Å². The number of allylic oxidation sites excluding steroid dienone is 2. The largest absolute Gasteiger partial charge is 0.401 e. The van der Waals surface area contributed by atoms with Gasteiger partial charge in [-0.3, -0.25) is 0 Å². The van der Waals surface area contributed by atoms with Gasteiger partial charge in [-0.15, -0.1) is 11.3 Å². The van der Waals surface area contributed by atoms with E-state index in [1.807, 2.05) is 60.7 Å². The summed E-state index contributed by atoms with van der Waals surface area (Å²) in [6.45, 7) is 0. The Morgan fingerprint density at radius 2 is 1.80 bits per heavy atom. The molecule has 3 aromatic rings. The number of hydrogen-bond donors (Lipinski definition) is 0. The molecule has 0 N–H and O–H groups in total. The molecule has 1 aromatic heterocycles. The number of esters is 1. The lowest BCUT2D eigenvalue weighted by Gasteiger charge is -1.95. The van der Waals surface area contributed by atoms with E-state index in [2.05, 4.69) is 4.99 Å². The summed E-state index contributed by atoms with van der Waals surface area (Å²) in [6.07, 6.45) is 5.33. The van der Waals surface area contributed by atoms with Gasteiger partial charge in [0.05, 0.1) is 5.02 Å². The molecule has 4 rings (SSSR count). The van der Waals surface area contributed by atoms with Gasteiger partial charge in [-0.2, -0.15) is 0 Å². The quantitative estimate of drug-likeness (QED) is 0.457. The second-order valence-electron chi connectivity index (χ2n) is 5.37. The maximum Gasteiger partial charge on any atom is 0.363 e. The molecule has 0 spiro atoms. The van der Waals surface area contributed by atoms with E-state index in [0.29, 0.717) is 9.90 Å². The highest BCUT2D eigenvalue weighted by molar-refractivity contribution is 7.21. The summed E-state index contributed by atoms with van der Waals surface area (Å²) in [7, 11) is 0. The minimum Gasteiger partial charge on any atom is -0.401 e. The van der Waals surface area contributed by atoms with Crippen LogP contribution >= 0.6 is 22.9 Å². The first kappa shape index (κ1) is 15.8. The lowest BCUT2D eigenvalue weighted by molar-refractivity contribution is -0.130. The number of nitrogens with zero attached hydrogens (tertiary/aromatic N) is 1. The van der Waals surface area contributed by atoms with Crippen molar-refractivity contribution in [3.05, 3.63) is 87.9 Å². The van der Waals surface area contributed by atoms with Gasteiger partial charge in [0.1, 0.15) is 4.88 Å². The highest BCUT2D eigenvalue weighted by atomic mass is 35.5. The van der Waals surface area contributed by atoms with Crippen molar-refractivity contribution in [2.45, 2.75) is 0 Å². The van der Waals surface area contributed by atoms with Crippen LogP contribution in [0, 0.1) is 0 Å². The number of aliphatic imine (C=N–C) groups is 1. The fourth-order valence-corrected chi connectivity index (χ4v) is 3.92. The Balaban J connectivity index is 1.64.